The zero-order valence-corrected chi connectivity index (χ0v) is 9.85. The highest BCUT2D eigenvalue weighted by Crippen LogP contribution is 2.11. The number of nitrogens with one attached hydrogen (secondary N) is 2. The van der Waals surface area contributed by atoms with Gasteiger partial charge < -0.3 is 15.4 Å². The number of carbonyl (C=O) groups excluding carboxylic acids is 2. The Labute approximate surface area is 90.6 Å². The number of hydrogen-bond donors (Lipinski definition) is 2. The van der Waals surface area contributed by atoms with Crippen LogP contribution in [-0.2, 0) is 14.3 Å². The van der Waals surface area contributed by atoms with E-state index in [1.165, 1.54) is 7.11 Å². The van der Waals surface area contributed by atoms with Gasteiger partial charge in [0.05, 0.1) is 0 Å². The number of methoxy groups -OCH3 is 1. The molecule has 5 nitrogen and oxygen atoms in total. The molecular weight excluding hydrogens is 196 g/mol. The van der Waals surface area contributed by atoms with Crippen LogP contribution in [0.25, 0.3) is 0 Å². The van der Waals surface area contributed by atoms with E-state index >= 15 is 0 Å². The molecule has 0 aromatic rings. The maximum absolute atomic E-state index is 11.4. The van der Waals surface area contributed by atoms with E-state index in [0.29, 0.717) is 13.1 Å². The molecule has 0 fully saturated rings. The van der Waals surface area contributed by atoms with Crippen LogP contribution in [0.4, 0.5) is 0 Å². The van der Waals surface area contributed by atoms with Crippen LogP contribution in [0.2, 0.25) is 0 Å². The maximum Gasteiger partial charge on any atom is 0.246 e. The second kappa shape index (κ2) is 6.40. The number of carbonyl (C=O) groups is 2. The third kappa shape index (κ3) is 6.90. The van der Waals surface area contributed by atoms with Crippen molar-refractivity contribution in [3.8, 4) is 0 Å². The van der Waals surface area contributed by atoms with Crippen molar-refractivity contribution in [2.45, 2.75) is 20.8 Å². The fourth-order valence-electron chi connectivity index (χ4n) is 0.825. The molecule has 0 heterocycles. The molecule has 0 aromatic carbocycles. The second-order valence-corrected chi connectivity index (χ2v) is 4.29. The van der Waals surface area contributed by atoms with Gasteiger partial charge in [-0.2, -0.15) is 0 Å². The first-order chi connectivity index (χ1) is 6.88. The summed E-state index contributed by atoms with van der Waals surface area (Å²) in [6, 6.07) is 0. The van der Waals surface area contributed by atoms with Crippen LogP contribution < -0.4 is 10.6 Å². The van der Waals surface area contributed by atoms with Gasteiger partial charge in [-0.3, -0.25) is 9.59 Å². The molecule has 0 spiro atoms. The molecule has 0 aliphatic carbocycles. The molecule has 5 heteroatoms. The Morgan fingerprint density at radius 2 is 1.67 bits per heavy atom. The highest BCUT2D eigenvalue weighted by molar-refractivity contribution is 5.81. The lowest BCUT2D eigenvalue weighted by Crippen LogP contribution is -2.40. The Hall–Kier alpha value is -1.10. The highest BCUT2D eigenvalue weighted by atomic mass is 16.5. The summed E-state index contributed by atoms with van der Waals surface area (Å²) in [4.78, 5) is 22.3. The van der Waals surface area contributed by atoms with Gasteiger partial charge in [0, 0.05) is 25.6 Å². The van der Waals surface area contributed by atoms with Crippen LogP contribution in [0.1, 0.15) is 20.8 Å². The van der Waals surface area contributed by atoms with E-state index in [9.17, 15) is 9.59 Å². The van der Waals surface area contributed by atoms with Crippen molar-refractivity contribution < 1.29 is 14.3 Å². The predicted molar refractivity (Wildman–Crippen MR) is 57.4 cm³/mol. The van der Waals surface area contributed by atoms with Crippen LogP contribution in [-0.4, -0.2) is 38.6 Å². The summed E-state index contributed by atoms with van der Waals surface area (Å²) >= 11 is 0. The number of hydrogen-bond acceptors (Lipinski definition) is 3. The van der Waals surface area contributed by atoms with E-state index in [1.807, 2.05) is 20.8 Å². The van der Waals surface area contributed by atoms with E-state index in [-0.39, 0.29) is 18.4 Å². The van der Waals surface area contributed by atoms with Gasteiger partial charge in [-0.25, -0.2) is 0 Å². The smallest absolute Gasteiger partial charge is 0.246 e. The normalized spacial score (nSPS) is 10.9. The topological polar surface area (TPSA) is 67.4 Å². The molecule has 15 heavy (non-hydrogen) atoms. The SMILES string of the molecule is COCC(=O)NCCNC(=O)C(C)(C)C. The Kier molecular flexibility index (Phi) is 5.93. The zero-order valence-electron chi connectivity index (χ0n) is 9.85. The Bertz CT molecular complexity index is 221. The summed E-state index contributed by atoms with van der Waals surface area (Å²) in [5, 5.41) is 5.34. The summed E-state index contributed by atoms with van der Waals surface area (Å²) in [6.45, 7) is 6.42. The number of rotatable bonds is 5. The van der Waals surface area contributed by atoms with E-state index in [0.717, 1.165) is 0 Å². The molecule has 2 amide bonds. The van der Waals surface area contributed by atoms with Gasteiger partial charge in [-0.05, 0) is 0 Å². The molecule has 88 valence electrons. The standard InChI is InChI=1S/C10H20N2O3/c1-10(2,3)9(14)12-6-5-11-8(13)7-15-4/h5-7H2,1-4H3,(H,11,13)(H,12,14). The van der Waals surface area contributed by atoms with Crippen molar-refractivity contribution in [3.05, 3.63) is 0 Å². The minimum atomic E-state index is -0.392. The van der Waals surface area contributed by atoms with E-state index in [4.69, 9.17) is 0 Å². The Balaban J connectivity index is 3.55. The summed E-state index contributed by atoms with van der Waals surface area (Å²) in [7, 11) is 1.46. The molecule has 0 rings (SSSR count). The average molecular weight is 216 g/mol. The predicted octanol–water partition coefficient (Wildman–Crippen LogP) is -0.0887. The molecule has 0 unspecified atom stereocenters. The molecule has 0 saturated heterocycles. The lowest BCUT2D eigenvalue weighted by atomic mass is 9.96. The molecule has 0 bridgehead atoms. The molecule has 0 atom stereocenters. The van der Waals surface area contributed by atoms with Crippen molar-refractivity contribution in [1.82, 2.24) is 10.6 Å². The lowest BCUT2D eigenvalue weighted by molar-refractivity contribution is -0.129. The van der Waals surface area contributed by atoms with Crippen molar-refractivity contribution in [2.75, 3.05) is 26.8 Å². The highest BCUT2D eigenvalue weighted by Gasteiger charge is 2.20. The molecule has 0 aliphatic heterocycles. The first kappa shape index (κ1) is 13.9. The average Bonchev–Trinajstić information content (AvgIpc) is 2.11. The van der Waals surface area contributed by atoms with Gasteiger partial charge in [0.2, 0.25) is 11.8 Å². The van der Waals surface area contributed by atoms with Crippen LogP contribution in [0.5, 0.6) is 0 Å². The molecule has 0 aliphatic rings. The minimum Gasteiger partial charge on any atom is -0.375 e. The van der Waals surface area contributed by atoms with Crippen LogP contribution in [0.15, 0.2) is 0 Å². The summed E-state index contributed by atoms with van der Waals surface area (Å²) in [5.74, 6) is -0.203. The zero-order chi connectivity index (χ0) is 11.9. The van der Waals surface area contributed by atoms with E-state index in [1.54, 1.807) is 0 Å². The van der Waals surface area contributed by atoms with Crippen molar-refractivity contribution in [1.29, 1.82) is 0 Å². The van der Waals surface area contributed by atoms with Crippen LogP contribution in [0, 0.1) is 5.41 Å². The first-order valence-corrected chi connectivity index (χ1v) is 4.92. The van der Waals surface area contributed by atoms with Crippen molar-refractivity contribution in [2.24, 2.45) is 5.41 Å². The van der Waals surface area contributed by atoms with E-state index in [2.05, 4.69) is 15.4 Å². The largest absolute Gasteiger partial charge is 0.375 e. The van der Waals surface area contributed by atoms with Gasteiger partial charge in [-0.15, -0.1) is 0 Å². The third-order valence-corrected chi connectivity index (χ3v) is 1.69. The minimum absolute atomic E-state index is 0.0245. The van der Waals surface area contributed by atoms with Crippen LogP contribution in [0.3, 0.4) is 0 Å². The second-order valence-electron chi connectivity index (χ2n) is 4.29. The Morgan fingerprint density at radius 1 is 1.13 bits per heavy atom. The van der Waals surface area contributed by atoms with E-state index < -0.39 is 5.41 Å². The molecule has 2 N–H and O–H groups in total. The molecular formula is C10H20N2O3. The number of amides is 2. The molecule has 0 saturated carbocycles. The van der Waals surface area contributed by atoms with Crippen molar-refractivity contribution in [3.63, 3.8) is 0 Å². The van der Waals surface area contributed by atoms with Gasteiger partial charge in [0.15, 0.2) is 0 Å². The Morgan fingerprint density at radius 3 is 2.13 bits per heavy atom. The fourth-order valence-corrected chi connectivity index (χ4v) is 0.825. The monoisotopic (exact) mass is 216 g/mol. The molecule has 0 radical (unpaired) electrons. The van der Waals surface area contributed by atoms with Gasteiger partial charge in [-0.1, -0.05) is 20.8 Å². The third-order valence-electron chi connectivity index (χ3n) is 1.69. The van der Waals surface area contributed by atoms with Crippen molar-refractivity contribution >= 4 is 11.8 Å². The van der Waals surface area contributed by atoms with Gasteiger partial charge in [0.25, 0.3) is 0 Å². The summed E-state index contributed by atoms with van der Waals surface area (Å²) in [5.41, 5.74) is -0.392. The number of ether oxygens (including phenoxy) is 1. The quantitative estimate of drug-likeness (QED) is 0.631. The van der Waals surface area contributed by atoms with Crippen LogP contribution >= 0.6 is 0 Å². The summed E-state index contributed by atoms with van der Waals surface area (Å²) in [6.07, 6.45) is 0. The fraction of sp³-hybridized carbons (Fsp3) is 0.800. The molecule has 0 aromatic heterocycles. The maximum atomic E-state index is 11.4. The lowest BCUT2D eigenvalue weighted by Gasteiger charge is -2.17. The summed E-state index contributed by atoms with van der Waals surface area (Å²) < 4.78 is 4.64. The van der Waals surface area contributed by atoms with Gasteiger partial charge in [0.1, 0.15) is 6.61 Å². The van der Waals surface area contributed by atoms with Gasteiger partial charge >= 0.3 is 0 Å². The first-order valence-electron chi connectivity index (χ1n) is 4.92.